The molecule has 7 nitrogen and oxygen atoms in total. The minimum atomic E-state index is -0.109. The maximum absolute atomic E-state index is 12.9. The van der Waals surface area contributed by atoms with E-state index in [9.17, 15) is 9.59 Å². The van der Waals surface area contributed by atoms with E-state index < -0.39 is 0 Å². The van der Waals surface area contributed by atoms with Gasteiger partial charge in [-0.25, -0.2) is 4.68 Å². The SMILES string of the molecule is COc1cccc2cc(C(=O)N3CCC(Cn4nc(C)ccc4=O)CC3)oc12. The molecule has 1 saturated heterocycles. The van der Waals surface area contributed by atoms with Crippen molar-refractivity contribution >= 4 is 16.9 Å². The number of nitrogens with zero attached hydrogens (tertiary/aromatic N) is 3. The van der Waals surface area contributed by atoms with E-state index in [4.69, 9.17) is 9.15 Å². The van der Waals surface area contributed by atoms with Crippen molar-refractivity contribution in [2.45, 2.75) is 26.3 Å². The number of furan rings is 1. The van der Waals surface area contributed by atoms with Crippen LogP contribution in [0.5, 0.6) is 5.75 Å². The Balaban J connectivity index is 1.43. The molecule has 0 N–H and O–H groups in total. The van der Waals surface area contributed by atoms with Crippen molar-refractivity contribution in [3.8, 4) is 5.75 Å². The van der Waals surface area contributed by atoms with Gasteiger partial charge in [-0.3, -0.25) is 9.59 Å². The maximum atomic E-state index is 12.9. The highest BCUT2D eigenvalue weighted by molar-refractivity contribution is 5.97. The van der Waals surface area contributed by atoms with Crippen LogP contribution in [-0.4, -0.2) is 40.8 Å². The smallest absolute Gasteiger partial charge is 0.289 e. The molecule has 3 aromatic rings. The van der Waals surface area contributed by atoms with Crippen LogP contribution in [0, 0.1) is 12.8 Å². The van der Waals surface area contributed by atoms with Crippen LogP contribution in [0.1, 0.15) is 29.1 Å². The first-order valence-corrected chi connectivity index (χ1v) is 9.46. The summed E-state index contributed by atoms with van der Waals surface area (Å²) >= 11 is 0. The van der Waals surface area contributed by atoms with Crippen LogP contribution in [0.3, 0.4) is 0 Å². The molecule has 0 radical (unpaired) electrons. The lowest BCUT2D eigenvalue weighted by molar-refractivity contribution is 0.0650. The van der Waals surface area contributed by atoms with E-state index >= 15 is 0 Å². The molecule has 1 aromatic carbocycles. The van der Waals surface area contributed by atoms with Crippen LogP contribution < -0.4 is 10.3 Å². The molecule has 146 valence electrons. The van der Waals surface area contributed by atoms with E-state index in [0.29, 0.717) is 42.6 Å². The first-order chi connectivity index (χ1) is 13.5. The molecule has 28 heavy (non-hydrogen) atoms. The maximum Gasteiger partial charge on any atom is 0.289 e. The monoisotopic (exact) mass is 381 g/mol. The number of hydrogen-bond donors (Lipinski definition) is 0. The van der Waals surface area contributed by atoms with E-state index in [1.165, 1.54) is 4.68 Å². The van der Waals surface area contributed by atoms with Crippen LogP contribution in [0.4, 0.5) is 0 Å². The fourth-order valence-electron chi connectivity index (χ4n) is 3.70. The molecule has 1 amide bonds. The zero-order valence-corrected chi connectivity index (χ0v) is 16.1. The quantitative estimate of drug-likeness (QED) is 0.694. The highest BCUT2D eigenvalue weighted by atomic mass is 16.5. The summed E-state index contributed by atoms with van der Waals surface area (Å²) in [5.41, 5.74) is 1.33. The third-order valence-electron chi connectivity index (χ3n) is 5.27. The molecular weight excluding hydrogens is 358 g/mol. The summed E-state index contributed by atoms with van der Waals surface area (Å²) in [6, 6.07) is 10.6. The fraction of sp³-hybridized carbons (Fsp3) is 0.381. The lowest BCUT2D eigenvalue weighted by Crippen LogP contribution is -2.40. The minimum Gasteiger partial charge on any atom is -0.493 e. The topological polar surface area (TPSA) is 77.6 Å². The number of rotatable bonds is 4. The average molecular weight is 381 g/mol. The van der Waals surface area contributed by atoms with E-state index in [2.05, 4.69) is 5.10 Å². The van der Waals surface area contributed by atoms with E-state index in [1.807, 2.05) is 30.0 Å². The summed E-state index contributed by atoms with van der Waals surface area (Å²) < 4.78 is 12.6. The number of hydrogen-bond acceptors (Lipinski definition) is 5. The van der Waals surface area contributed by atoms with Crippen LogP contribution in [-0.2, 0) is 6.54 Å². The zero-order valence-electron chi connectivity index (χ0n) is 16.1. The van der Waals surface area contributed by atoms with Gasteiger partial charge >= 0.3 is 0 Å². The van der Waals surface area contributed by atoms with E-state index in [0.717, 1.165) is 23.9 Å². The van der Waals surface area contributed by atoms with Crippen LogP contribution in [0.15, 0.2) is 45.6 Å². The molecule has 3 heterocycles. The second kappa shape index (κ2) is 7.50. The van der Waals surface area contributed by atoms with E-state index in [1.54, 1.807) is 25.3 Å². The number of fused-ring (bicyclic) bond motifs is 1. The number of amides is 1. The van der Waals surface area contributed by atoms with Gasteiger partial charge in [-0.15, -0.1) is 0 Å². The van der Waals surface area contributed by atoms with Crippen molar-refractivity contribution in [1.29, 1.82) is 0 Å². The summed E-state index contributed by atoms with van der Waals surface area (Å²) in [7, 11) is 1.58. The third kappa shape index (κ3) is 3.52. The standard InChI is InChI=1S/C21H23N3O4/c1-14-6-7-19(25)24(22-14)13-15-8-10-23(11-9-15)21(26)18-12-16-4-3-5-17(27-2)20(16)28-18/h3-7,12,15H,8-11,13H2,1-2H3. The van der Waals surface area contributed by atoms with Crippen molar-refractivity contribution in [2.24, 2.45) is 5.92 Å². The summed E-state index contributed by atoms with van der Waals surface area (Å²) in [6.07, 6.45) is 1.66. The molecule has 0 saturated carbocycles. The number of carbonyl (C=O) groups is 1. The normalized spacial score (nSPS) is 15.1. The van der Waals surface area contributed by atoms with Gasteiger partial charge in [-0.05, 0) is 43.9 Å². The summed E-state index contributed by atoms with van der Waals surface area (Å²) in [5.74, 6) is 1.16. The molecule has 4 rings (SSSR count). The summed E-state index contributed by atoms with van der Waals surface area (Å²) in [5, 5.41) is 5.16. The molecule has 0 bridgehead atoms. The Morgan fingerprint density at radius 2 is 2.04 bits per heavy atom. The number of carbonyl (C=O) groups excluding carboxylic acids is 1. The van der Waals surface area contributed by atoms with Gasteiger partial charge < -0.3 is 14.1 Å². The first-order valence-electron chi connectivity index (χ1n) is 9.46. The Morgan fingerprint density at radius 1 is 1.25 bits per heavy atom. The summed E-state index contributed by atoms with van der Waals surface area (Å²) in [6.45, 7) is 3.74. The van der Waals surface area contributed by atoms with Crippen LogP contribution >= 0.6 is 0 Å². The van der Waals surface area contributed by atoms with Crippen molar-refractivity contribution < 1.29 is 13.9 Å². The van der Waals surface area contributed by atoms with Gasteiger partial charge in [0.1, 0.15) is 0 Å². The van der Waals surface area contributed by atoms with E-state index in [-0.39, 0.29) is 11.5 Å². The number of aromatic nitrogens is 2. The molecule has 0 aliphatic carbocycles. The number of piperidine rings is 1. The molecule has 7 heteroatoms. The Bertz CT molecular complexity index is 1060. The molecule has 2 aromatic heterocycles. The lowest BCUT2D eigenvalue weighted by atomic mass is 9.96. The largest absolute Gasteiger partial charge is 0.493 e. The third-order valence-corrected chi connectivity index (χ3v) is 5.27. The number of para-hydroxylation sites is 1. The van der Waals surface area contributed by atoms with Gasteiger partial charge in [0.25, 0.3) is 11.5 Å². The van der Waals surface area contributed by atoms with Gasteiger partial charge in [-0.1, -0.05) is 12.1 Å². The molecule has 1 aliphatic heterocycles. The molecule has 0 atom stereocenters. The van der Waals surface area contributed by atoms with Gasteiger partial charge in [0, 0.05) is 31.1 Å². The number of methoxy groups -OCH3 is 1. The van der Waals surface area contributed by atoms with Crippen molar-refractivity contribution in [3.05, 3.63) is 58.2 Å². The molecule has 0 spiro atoms. The Morgan fingerprint density at radius 3 is 2.79 bits per heavy atom. The van der Waals surface area contributed by atoms with Crippen molar-refractivity contribution in [1.82, 2.24) is 14.7 Å². The number of ether oxygens (including phenoxy) is 1. The predicted molar refractivity (Wildman–Crippen MR) is 105 cm³/mol. The number of likely N-dealkylation sites (tertiary alicyclic amines) is 1. The van der Waals surface area contributed by atoms with Gasteiger partial charge in [0.15, 0.2) is 17.1 Å². The number of aryl methyl sites for hydroxylation is 1. The predicted octanol–water partition coefficient (Wildman–Crippen LogP) is 2.86. The first kappa shape index (κ1) is 18.3. The Hall–Kier alpha value is -3.09. The Labute approximate surface area is 162 Å². The molecular formula is C21H23N3O4. The second-order valence-corrected chi connectivity index (χ2v) is 7.22. The summed E-state index contributed by atoms with van der Waals surface area (Å²) in [4.78, 5) is 26.6. The van der Waals surface area contributed by atoms with Gasteiger partial charge in [0.2, 0.25) is 0 Å². The average Bonchev–Trinajstić information content (AvgIpc) is 3.15. The number of benzene rings is 1. The minimum absolute atomic E-state index is 0.0830. The van der Waals surface area contributed by atoms with Crippen molar-refractivity contribution in [2.75, 3.05) is 20.2 Å². The Kier molecular flexibility index (Phi) is 4.90. The van der Waals surface area contributed by atoms with Crippen LogP contribution in [0.25, 0.3) is 11.0 Å². The fourth-order valence-corrected chi connectivity index (χ4v) is 3.70. The molecule has 1 fully saturated rings. The van der Waals surface area contributed by atoms with Crippen molar-refractivity contribution in [3.63, 3.8) is 0 Å². The van der Waals surface area contributed by atoms with Gasteiger partial charge in [0.05, 0.1) is 12.8 Å². The highest BCUT2D eigenvalue weighted by Gasteiger charge is 2.26. The second-order valence-electron chi connectivity index (χ2n) is 7.22. The zero-order chi connectivity index (χ0) is 19.7. The molecule has 1 aliphatic rings. The molecule has 0 unspecified atom stereocenters. The van der Waals surface area contributed by atoms with Crippen LogP contribution in [0.2, 0.25) is 0 Å². The lowest BCUT2D eigenvalue weighted by Gasteiger charge is -2.31. The highest BCUT2D eigenvalue weighted by Crippen LogP contribution is 2.29. The van der Waals surface area contributed by atoms with Gasteiger partial charge in [-0.2, -0.15) is 5.10 Å².